The lowest BCUT2D eigenvalue weighted by atomic mass is 10.2. The molecule has 1 amide bonds. The van der Waals surface area contributed by atoms with Crippen molar-refractivity contribution in [1.82, 2.24) is 0 Å². The van der Waals surface area contributed by atoms with Crippen LogP contribution in [-0.4, -0.2) is 59.1 Å². The highest BCUT2D eigenvalue weighted by Gasteiger charge is 2.22. The quantitative estimate of drug-likeness (QED) is 0.472. The molecule has 0 aliphatic carbocycles. The zero-order chi connectivity index (χ0) is 22.6. The van der Waals surface area contributed by atoms with Crippen molar-refractivity contribution in [3.05, 3.63) is 52.6 Å². The summed E-state index contributed by atoms with van der Waals surface area (Å²) >= 11 is 0. The van der Waals surface area contributed by atoms with Crippen LogP contribution in [0.4, 0.5) is 22.7 Å². The highest BCUT2D eigenvalue weighted by Crippen LogP contribution is 2.29. The Morgan fingerprint density at radius 3 is 2.45 bits per heavy atom. The molecule has 1 heterocycles. The zero-order valence-electron chi connectivity index (χ0n) is 16.9. The predicted octanol–water partition coefficient (Wildman–Crippen LogP) is 1.15. The minimum absolute atomic E-state index is 0.0928. The molecule has 3 rings (SSSR count). The summed E-state index contributed by atoms with van der Waals surface area (Å²) < 4.78 is 28.3. The summed E-state index contributed by atoms with van der Waals surface area (Å²) in [7, 11) is -2.59. The summed E-state index contributed by atoms with van der Waals surface area (Å²) in [5, 5.41) is 19.2. The number of carbonyl (C=O) groups is 1. The number of benzene rings is 2. The van der Waals surface area contributed by atoms with Crippen molar-refractivity contribution in [3.63, 3.8) is 0 Å². The fourth-order valence-electron chi connectivity index (χ4n) is 3.23. The number of nitrogens with two attached hydrogens (primary N) is 1. The Labute approximate surface area is 179 Å². The molecule has 0 saturated carbocycles. The molecule has 2 aromatic carbocycles. The van der Waals surface area contributed by atoms with E-state index in [1.165, 1.54) is 18.0 Å². The van der Waals surface area contributed by atoms with E-state index in [1.807, 2.05) is 12.1 Å². The maximum atomic E-state index is 12.4. The van der Waals surface area contributed by atoms with Crippen LogP contribution in [0.2, 0.25) is 0 Å². The second-order valence-electron chi connectivity index (χ2n) is 7.00. The molecule has 0 unspecified atom stereocenters. The van der Waals surface area contributed by atoms with Crippen molar-refractivity contribution in [1.29, 1.82) is 0 Å². The molecule has 166 valence electrons. The molecule has 0 spiro atoms. The number of likely N-dealkylation sites (N-methyl/N-ethyl adjacent to an activating group) is 1. The Balaban J connectivity index is 1.67. The molecule has 1 fully saturated rings. The lowest BCUT2D eigenvalue weighted by Gasteiger charge is -2.29. The lowest BCUT2D eigenvalue weighted by Crippen LogP contribution is -2.36. The number of morpholine rings is 1. The fraction of sp³-hybridized carbons (Fsp3) is 0.316. The first kappa shape index (κ1) is 22.5. The molecule has 0 bridgehead atoms. The third-order valence-corrected chi connectivity index (χ3v) is 5.70. The van der Waals surface area contributed by atoms with Gasteiger partial charge in [0.25, 0.3) is 5.69 Å². The first-order valence-electron chi connectivity index (χ1n) is 9.40. The third kappa shape index (κ3) is 5.69. The summed E-state index contributed by atoms with van der Waals surface area (Å²) in [6, 6.07) is 10.7. The fourth-order valence-corrected chi connectivity index (χ4v) is 3.76. The number of nitrogens with zero attached hydrogens (tertiary/aromatic N) is 3. The summed E-state index contributed by atoms with van der Waals surface area (Å²) in [5.41, 5.74) is 1.25. The summed E-state index contributed by atoms with van der Waals surface area (Å²) in [6.07, 6.45) is 0. The van der Waals surface area contributed by atoms with Gasteiger partial charge in [0.05, 0.1) is 29.6 Å². The van der Waals surface area contributed by atoms with E-state index >= 15 is 0 Å². The van der Waals surface area contributed by atoms with Gasteiger partial charge >= 0.3 is 0 Å². The Kier molecular flexibility index (Phi) is 6.73. The summed E-state index contributed by atoms with van der Waals surface area (Å²) in [6.45, 7) is 2.78. The Hall–Kier alpha value is -3.22. The number of hydrogen-bond donors (Lipinski definition) is 2. The second-order valence-corrected chi connectivity index (χ2v) is 8.56. The van der Waals surface area contributed by atoms with Crippen molar-refractivity contribution in [2.45, 2.75) is 4.90 Å². The van der Waals surface area contributed by atoms with Gasteiger partial charge in [-0.3, -0.25) is 14.9 Å². The number of hydrogen-bond acceptors (Lipinski definition) is 8. The number of nitro benzene ring substituents is 1. The predicted molar refractivity (Wildman–Crippen MR) is 116 cm³/mol. The zero-order valence-corrected chi connectivity index (χ0v) is 17.7. The van der Waals surface area contributed by atoms with E-state index in [0.717, 1.165) is 30.9 Å². The number of nitro groups is 1. The SMILES string of the molecule is CN(CC(=O)Nc1ccc(N2CCOCC2)cc1)c1ccc(S(N)(=O)=O)cc1[N+](=O)[O-]. The minimum atomic E-state index is -4.09. The van der Waals surface area contributed by atoms with Gasteiger partial charge in [0.15, 0.2) is 0 Å². The van der Waals surface area contributed by atoms with Gasteiger partial charge in [0, 0.05) is 37.6 Å². The molecule has 31 heavy (non-hydrogen) atoms. The van der Waals surface area contributed by atoms with E-state index in [1.54, 1.807) is 12.1 Å². The highest BCUT2D eigenvalue weighted by molar-refractivity contribution is 7.89. The van der Waals surface area contributed by atoms with Crippen LogP contribution in [0.1, 0.15) is 0 Å². The molecule has 3 N–H and O–H groups in total. The molecule has 0 radical (unpaired) electrons. The first-order valence-corrected chi connectivity index (χ1v) is 10.9. The van der Waals surface area contributed by atoms with Crippen molar-refractivity contribution in [2.24, 2.45) is 5.14 Å². The Bertz CT molecular complexity index is 1070. The summed E-state index contributed by atoms with van der Waals surface area (Å²) in [5.74, 6) is -0.383. The van der Waals surface area contributed by atoms with Gasteiger partial charge in [-0.25, -0.2) is 13.6 Å². The second kappa shape index (κ2) is 9.29. The van der Waals surface area contributed by atoms with Gasteiger partial charge in [0.2, 0.25) is 15.9 Å². The number of sulfonamides is 1. The molecule has 2 aromatic rings. The molecule has 12 heteroatoms. The Morgan fingerprint density at radius 1 is 1.23 bits per heavy atom. The number of carbonyl (C=O) groups excluding carboxylic acids is 1. The largest absolute Gasteiger partial charge is 0.378 e. The molecule has 0 atom stereocenters. The number of ether oxygens (including phenoxy) is 1. The van der Waals surface area contributed by atoms with Crippen LogP contribution in [-0.2, 0) is 19.6 Å². The number of anilines is 3. The van der Waals surface area contributed by atoms with Crippen LogP contribution >= 0.6 is 0 Å². The van der Waals surface area contributed by atoms with Crippen LogP contribution in [0, 0.1) is 10.1 Å². The van der Waals surface area contributed by atoms with E-state index in [4.69, 9.17) is 9.88 Å². The van der Waals surface area contributed by atoms with Crippen molar-refractivity contribution in [3.8, 4) is 0 Å². The number of rotatable bonds is 7. The molecule has 1 aliphatic heterocycles. The highest BCUT2D eigenvalue weighted by atomic mass is 32.2. The van der Waals surface area contributed by atoms with E-state index < -0.39 is 20.6 Å². The van der Waals surface area contributed by atoms with Gasteiger partial charge in [-0.05, 0) is 36.4 Å². The first-order chi connectivity index (χ1) is 14.6. The Morgan fingerprint density at radius 2 is 1.87 bits per heavy atom. The molecular formula is C19H23N5O6S. The van der Waals surface area contributed by atoms with Crippen LogP contribution in [0.15, 0.2) is 47.4 Å². The normalized spacial score (nSPS) is 14.2. The van der Waals surface area contributed by atoms with E-state index in [-0.39, 0.29) is 23.0 Å². The van der Waals surface area contributed by atoms with E-state index in [9.17, 15) is 23.3 Å². The molecule has 0 aromatic heterocycles. The van der Waals surface area contributed by atoms with E-state index in [2.05, 4.69) is 10.2 Å². The van der Waals surface area contributed by atoms with Gasteiger partial charge < -0.3 is 19.9 Å². The van der Waals surface area contributed by atoms with Crippen molar-refractivity contribution in [2.75, 3.05) is 55.0 Å². The van der Waals surface area contributed by atoms with Gasteiger partial charge in [-0.1, -0.05) is 0 Å². The van der Waals surface area contributed by atoms with Crippen LogP contribution in [0.5, 0.6) is 0 Å². The topological polar surface area (TPSA) is 148 Å². The van der Waals surface area contributed by atoms with Crippen LogP contribution in [0.25, 0.3) is 0 Å². The van der Waals surface area contributed by atoms with Gasteiger partial charge in [-0.2, -0.15) is 0 Å². The molecular weight excluding hydrogens is 426 g/mol. The van der Waals surface area contributed by atoms with E-state index in [0.29, 0.717) is 18.9 Å². The maximum absolute atomic E-state index is 12.4. The smallest absolute Gasteiger partial charge is 0.293 e. The van der Waals surface area contributed by atoms with Gasteiger partial charge in [-0.15, -0.1) is 0 Å². The lowest BCUT2D eigenvalue weighted by molar-refractivity contribution is -0.384. The maximum Gasteiger partial charge on any atom is 0.293 e. The summed E-state index contributed by atoms with van der Waals surface area (Å²) in [4.78, 5) is 26.3. The standard InChI is InChI=1S/C19H23N5O6S/c1-22(17-7-6-16(31(20,28)29)12-18(17)24(26)27)13-19(25)21-14-2-4-15(5-3-14)23-8-10-30-11-9-23/h2-7,12H,8-11,13H2,1H3,(H,21,25)(H2,20,28,29). The van der Waals surface area contributed by atoms with Crippen molar-refractivity contribution < 1.29 is 22.9 Å². The minimum Gasteiger partial charge on any atom is -0.378 e. The number of nitrogens with one attached hydrogen (secondary N) is 1. The van der Waals surface area contributed by atoms with Gasteiger partial charge in [0.1, 0.15) is 5.69 Å². The average Bonchev–Trinajstić information content (AvgIpc) is 2.73. The van der Waals surface area contributed by atoms with Crippen LogP contribution < -0.4 is 20.3 Å². The number of primary sulfonamides is 1. The third-order valence-electron chi connectivity index (χ3n) is 4.79. The average molecular weight is 449 g/mol. The van der Waals surface area contributed by atoms with Crippen molar-refractivity contribution >= 4 is 38.7 Å². The molecule has 1 aliphatic rings. The molecule has 11 nitrogen and oxygen atoms in total. The van der Waals surface area contributed by atoms with Crippen LogP contribution in [0.3, 0.4) is 0 Å². The number of amides is 1. The monoisotopic (exact) mass is 449 g/mol. The molecule has 1 saturated heterocycles.